The Morgan fingerprint density at radius 1 is 0.878 bits per heavy atom. The molecular weight excluding hydrogens is 663 g/mol. The number of amides is 3. The molecule has 14 heteroatoms. The second kappa shape index (κ2) is 14.1. The zero-order valence-corrected chi connectivity index (χ0v) is 28.4. The Morgan fingerprint density at radius 3 is 2.27 bits per heavy atom. The normalized spacial score (nSPS) is 20.9. The van der Waals surface area contributed by atoms with Crippen LogP contribution in [0.2, 0.25) is 0 Å². The molecule has 0 radical (unpaired) electrons. The molecule has 3 aliphatic heterocycles. The predicted molar refractivity (Wildman–Crippen MR) is 186 cm³/mol. The molecule has 1 unspecified atom stereocenters. The summed E-state index contributed by atoms with van der Waals surface area (Å²) in [6, 6.07) is 17.7. The Bertz CT molecular complexity index is 1910. The van der Waals surface area contributed by atoms with E-state index in [1.165, 1.54) is 4.31 Å². The number of sulfonamides is 1. The van der Waals surface area contributed by atoms with Gasteiger partial charge in [-0.2, -0.15) is 16.1 Å². The third-order valence-corrected chi connectivity index (χ3v) is 12.8. The molecule has 0 bridgehead atoms. The van der Waals surface area contributed by atoms with Gasteiger partial charge in [-0.1, -0.05) is 42.8 Å². The highest BCUT2D eigenvalue weighted by atomic mass is 32.2. The number of nitrogens with one attached hydrogen (secondary N) is 2. The van der Waals surface area contributed by atoms with E-state index in [9.17, 15) is 22.8 Å². The minimum atomic E-state index is -3.72. The van der Waals surface area contributed by atoms with Crippen molar-refractivity contribution in [1.82, 2.24) is 34.4 Å². The van der Waals surface area contributed by atoms with Crippen LogP contribution in [0.1, 0.15) is 41.6 Å². The van der Waals surface area contributed by atoms with Gasteiger partial charge in [0.05, 0.1) is 17.0 Å². The number of imidazole rings is 1. The van der Waals surface area contributed by atoms with Gasteiger partial charge >= 0.3 is 6.03 Å². The zero-order valence-electron chi connectivity index (χ0n) is 26.8. The summed E-state index contributed by atoms with van der Waals surface area (Å²) in [5, 5.41) is 6.33. The molecule has 2 N–H and O–H groups in total. The van der Waals surface area contributed by atoms with E-state index in [0.717, 1.165) is 36.1 Å². The number of aromatic nitrogens is 3. The van der Waals surface area contributed by atoms with Crippen molar-refractivity contribution in [2.24, 2.45) is 0 Å². The van der Waals surface area contributed by atoms with E-state index in [2.05, 4.69) is 20.6 Å². The molecule has 4 aromatic rings. The lowest BCUT2D eigenvalue weighted by atomic mass is 10.0. The number of pyridine rings is 1. The lowest BCUT2D eigenvalue weighted by molar-refractivity contribution is -0.132. The van der Waals surface area contributed by atoms with Crippen LogP contribution in [0.15, 0.2) is 90.5 Å². The number of urea groups is 1. The Hall–Kier alpha value is -4.53. The number of hydrogen-bond donors (Lipinski definition) is 2. The van der Waals surface area contributed by atoms with Crippen LogP contribution in [0.3, 0.4) is 0 Å². The Labute approximate surface area is 289 Å². The van der Waals surface area contributed by atoms with Crippen LogP contribution in [0.5, 0.6) is 0 Å². The molecule has 3 amide bonds. The molecule has 49 heavy (non-hydrogen) atoms. The number of rotatable bonds is 11. The fraction of sp³-hybridized carbons (Fsp3) is 0.343. The molecule has 254 valence electrons. The summed E-state index contributed by atoms with van der Waals surface area (Å²) < 4.78 is 30.1. The van der Waals surface area contributed by atoms with Crippen LogP contribution in [-0.4, -0.2) is 99.1 Å². The third-order valence-electron chi connectivity index (χ3n) is 9.41. The van der Waals surface area contributed by atoms with Crippen LogP contribution in [0.4, 0.5) is 4.79 Å². The zero-order chi connectivity index (χ0) is 34.0. The number of unbranched alkanes of at least 4 members (excludes halogenated alkanes) is 1. The first-order valence-electron chi connectivity index (χ1n) is 16.4. The average molecular weight is 700 g/mol. The van der Waals surface area contributed by atoms with Crippen LogP contribution in [0.25, 0.3) is 16.9 Å². The van der Waals surface area contributed by atoms with E-state index in [0.29, 0.717) is 41.7 Å². The number of carbonyl (C=O) groups excluding carboxylic acids is 3. The minimum Gasteiger partial charge on any atom is -0.340 e. The molecule has 3 saturated heterocycles. The van der Waals surface area contributed by atoms with Gasteiger partial charge in [0.2, 0.25) is 15.9 Å². The summed E-state index contributed by atoms with van der Waals surface area (Å²) in [4.78, 5) is 47.8. The van der Waals surface area contributed by atoms with Crippen LogP contribution in [-0.2, 0) is 14.8 Å². The lowest BCUT2D eigenvalue weighted by Gasteiger charge is -2.34. The molecule has 12 nitrogen and oxygen atoms in total. The first-order chi connectivity index (χ1) is 23.8. The molecule has 7 rings (SSSR count). The van der Waals surface area contributed by atoms with Crippen molar-refractivity contribution in [3.05, 3.63) is 96.7 Å². The summed E-state index contributed by atoms with van der Waals surface area (Å²) in [5.74, 6) is 1.51. The molecule has 2 aromatic heterocycles. The summed E-state index contributed by atoms with van der Waals surface area (Å²) in [6.45, 7) is 1.24. The maximum atomic E-state index is 13.4. The number of fused-ring (bicyclic) bond motifs is 1. The van der Waals surface area contributed by atoms with Crippen LogP contribution in [0, 0.1) is 0 Å². The van der Waals surface area contributed by atoms with Gasteiger partial charge in [0.1, 0.15) is 12.1 Å². The monoisotopic (exact) mass is 699 g/mol. The fourth-order valence-corrected chi connectivity index (χ4v) is 9.58. The molecule has 3 aliphatic rings. The number of thioether (sulfide) groups is 1. The van der Waals surface area contributed by atoms with Crippen molar-refractivity contribution in [2.75, 3.05) is 31.9 Å². The third kappa shape index (κ3) is 7.12. The fourth-order valence-electron chi connectivity index (χ4n) is 6.62. The summed E-state index contributed by atoms with van der Waals surface area (Å²) in [6.07, 6.45) is 9.71. The smallest absolute Gasteiger partial charge is 0.315 e. The highest BCUT2D eigenvalue weighted by molar-refractivity contribution is 8.00. The maximum Gasteiger partial charge on any atom is 0.315 e. The first kappa shape index (κ1) is 33.0. The quantitative estimate of drug-likeness (QED) is 0.137. The lowest BCUT2D eigenvalue weighted by Crippen LogP contribution is -2.50. The van der Waals surface area contributed by atoms with Gasteiger partial charge in [-0.05, 0) is 48.2 Å². The van der Waals surface area contributed by atoms with E-state index >= 15 is 0 Å². The molecule has 2 aromatic carbocycles. The summed E-state index contributed by atoms with van der Waals surface area (Å²) in [7, 11) is -3.72. The second-order valence-electron chi connectivity index (χ2n) is 12.5. The van der Waals surface area contributed by atoms with Gasteiger partial charge in [0.25, 0.3) is 0 Å². The Kier molecular flexibility index (Phi) is 9.52. The van der Waals surface area contributed by atoms with Crippen molar-refractivity contribution in [3.8, 4) is 16.9 Å². The number of ketones is 1. The van der Waals surface area contributed by atoms with Gasteiger partial charge in [-0.15, -0.1) is 0 Å². The van der Waals surface area contributed by atoms with Crippen molar-refractivity contribution >= 4 is 39.5 Å². The highest BCUT2D eigenvalue weighted by Crippen LogP contribution is 2.33. The SMILES string of the molecule is O=C1N[C@H]2CSC(CCCCC(=O)N3CCN(S(=O)(=O)c4ccc(-c5ccc(C(=O)c6ccc(-n7ccnc7)nc6)cc5)cc4)CC3)[C@H]2N1. The topological polar surface area (TPSA) is 147 Å². The molecule has 3 atom stereocenters. The Balaban J connectivity index is 0.882. The van der Waals surface area contributed by atoms with E-state index in [4.69, 9.17) is 0 Å². The van der Waals surface area contributed by atoms with E-state index < -0.39 is 10.0 Å². The highest BCUT2D eigenvalue weighted by Gasteiger charge is 2.42. The largest absolute Gasteiger partial charge is 0.340 e. The van der Waals surface area contributed by atoms with E-state index in [1.807, 2.05) is 23.9 Å². The average Bonchev–Trinajstić information content (AvgIpc) is 3.89. The van der Waals surface area contributed by atoms with Crippen molar-refractivity contribution in [1.29, 1.82) is 0 Å². The second-order valence-corrected chi connectivity index (χ2v) is 15.7. The molecule has 0 saturated carbocycles. The van der Waals surface area contributed by atoms with Gasteiger partial charge < -0.3 is 15.5 Å². The molecule has 0 spiro atoms. The van der Waals surface area contributed by atoms with Crippen molar-refractivity contribution in [2.45, 2.75) is 47.9 Å². The Morgan fingerprint density at radius 2 is 1.59 bits per heavy atom. The van der Waals surface area contributed by atoms with Gasteiger partial charge in [0, 0.05) is 73.3 Å². The van der Waals surface area contributed by atoms with Crippen molar-refractivity contribution in [3.63, 3.8) is 0 Å². The summed E-state index contributed by atoms with van der Waals surface area (Å²) in [5.41, 5.74) is 2.69. The van der Waals surface area contributed by atoms with Gasteiger partial charge in [0.15, 0.2) is 5.78 Å². The summed E-state index contributed by atoms with van der Waals surface area (Å²) >= 11 is 1.87. The predicted octanol–water partition coefficient (Wildman–Crippen LogP) is 3.72. The van der Waals surface area contributed by atoms with Gasteiger partial charge in [-0.3, -0.25) is 14.2 Å². The number of piperazine rings is 1. The molecule has 3 fully saturated rings. The maximum absolute atomic E-state index is 13.4. The van der Waals surface area contributed by atoms with Crippen molar-refractivity contribution < 1.29 is 22.8 Å². The van der Waals surface area contributed by atoms with Crippen LogP contribution < -0.4 is 10.6 Å². The molecular formula is C35H37N7O5S2. The molecule has 0 aliphatic carbocycles. The number of carbonyl (C=O) groups is 3. The van der Waals surface area contributed by atoms with E-state index in [1.54, 1.807) is 82.9 Å². The van der Waals surface area contributed by atoms with Crippen LogP contribution >= 0.6 is 11.8 Å². The van der Waals surface area contributed by atoms with E-state index in [-0.39, 0.29) is 47.8 Å². The number of hydrogen-bond acceptors (Lipinski definition) is 8. The minimum absolute atomic E-state index is 0.0575. The number of nitrogens with zero attached hydrogens (tertiary/aromatic N) is 5. The standard InChI is InChI=1S/C35H37N7O5S2/c43-32(4-2-1-3-30-33-29(22-48-30)38-35(45)39-33)40-17-19-42(20-18-40)49(46,47)28-12-9-25(10-13-28)24-5-7-26(8-6-24)34(44)27-11-14-31(37-21-27)41-16-15-36-23-41/h5-16,21,23,29-30,33H,1-4,17-20,22H2,(H2,38,39,45)/t29-,30?,33-/m0/s1. The first-order valence-corrected chi connectivity index (χ1v) is 18.9. The number of benzene rings is 2. The molecule has 5 heterocycles. The van der Waals surface area contributed by atoms with Gasteiger partial charge in [-0.25, -0.2) is 23.2 Å².